The number of hydrogen-bond acceptors (Lipinski definition) is 6. The quantitative estimate of drug-likeness (QED) is 0.259. The minimum absolute atomic E-state index is 0.0627. The molecule has 2 N–H and O–H groups in total. The number of nitriles is 1. The van der Waals surface area contributed by atoms with Gasteiger partial charge in [0, 0.05) is 5.39 Å². The van der Waals surface area contributed by atoms with Gasteiger partial charge in [-0.3, -0.25) is 14.9 Å². The first-order valence-electron chi connectivity index (χ1n) is 12.6. The minimum atomic E-state index is -4.70. The Bertz CT molecular complexity index is 1640. The van der Waals surface area contributed by atoms with Crippen LogP contribution in [-0.2, 0) is 11.3 Å². The van der Waals surface area contributed by atoms with Crippen molar-refractivity contribution in [2.45, 2.75) is 52.0 Å². The van der Waals surface area contributed by atoms with E-state index in [1.165, 1.54) is 28.8 Å². The van der Waals surface area contributed by atoms with E-state index >= 15 is 0 Å². The van der Waals surface area contributed by atoms with E-state index in [-0.39, 0.29) is 41.9 Å². The molecule has 0 aliphatic carbocycles. The molecule has 0 bridgehead atoms. The van der Waals surface area contributed by atoms with Crippen LogP contribution < -0.4 is 16.2 Å². The average molecular weight is 574 g/mol. The van der Waals surface area contributed by atoms with Crippen LogP contribution in [0.2, 0.25) is 5.02 Å². The number of halogens is 4. The molecule has 0 fully saturated rings. The molecule has 0 saturated heterocycles. The molecule has 4 rings (SSSR count). The van der Waals surface area contributed by atoms with Gasteiger partial charge in [-0.1, -0.05) is 60.9 Å². The van der Waals surface area contributed by atoms with Gasteiger partial charge in [-0.05, 0) is 42.5 Å². The van der Waals surface area contributed by atoms with E-state index in [2.05, 4.69) is 15.8 Å². The highest BCUT2D eigenvalue weighted by Gasteiger charge is 2.43. The number of fused-ring (bicyclic) bond motifs is 3. The van der Waals surface area contributed by atoms with Gasteiger partial charge >= 0.3 is 6.18 Å². The highest BCUT2D eigenvalue weighted by atomic mass is 35.5. The van der Waals surface area contributed by atoms with Crippen LogP contribution in [0, 0.1) is 24.2 Å². The van der Waals surface area contributed by atoms with Gasteiger partial charge in [0.05, 0.1) is 29.2 Å². The summed E-state index contributed by atoms with van der Waals surface area (Å²) in [4.78, 5) is 25.9. The number of pyridine rings is 1. The topological polar surface area (TPSA) is 113 Å². The van der Waals surface area contributed by atoms with Crippen molar-refractivity contribution in [3.05, 3.63) is 74.7 Å². The van der Waals surface area contributed by atoms with Crippen LogP contribution in [-0.4, -0.2) is 34.4 Å². The second-order valence-corrected chi connectivity index (χ2v) is 10.3. The number of hydrogen-bond donors (Lipinski definition) is 2. The van der Waals surface area contributed by atoms with Crippen molar-refractivity contribution in [1.82, 2.24) is 20.4 Å². The molecular weight excluding hydrogens is 547 g/mol. The number of nitrogens with zero attached hydrogens (tertiary/aromatic N) is 3. The summed E-state index contributed by atoms with van der Waals surface area (Å²) in [5, 5.41) is 18.7. The number of carbonyl (C=O) groups is 1. The number of alkyl halides is 3. The summed E-state index contributed by atoms with van der Waals surface area (Å²) in [6.07, 6.45) is -4.56. The molecule has 0 saturated carbocycles. The van der Waals surface area contributed by atoms with E-state index in [1.54, 1.807) is 45.0 Å². The standard InChI is InChI=1S/C28H27ClF3N5O3/c1-15(2)13-20(26(38)34-12-11-33)35-25(28(30,31)32)18-9-7-17(8-10-18)14-37-21-6-4-5-19(29)23(21)24-22(27(37)39)16(3)40-36-24/h4-10,15,20,25,35H,12-14H2,1-3H3,(H,34,38)/t20-,25-/m0/s1. The van der Waals surface area contributed by atoms with Crippen molar-refractivity contribution < 1.29 is 22.5 Å². The van der Waals surface area contributed by atoms with E-state index in [4.69, 9.17) is 21.4 Å². The van der Waals surface area contributed by atoms with Crippen LogP contribution in [0.25, 0.3) is 21.8 Å². The number of amides is 1. The third-order valence-corrected chi connectivity index (χ3v) is 6.87. The second-order valence-electron chi connectivity index (χ2n) is 9.93. The zero-order valence-electron chi connectivity index (χ0n) is 22.0. The van der Waals surface area contributed by atoms with Crippen LogP contribution in [0.15, 0.2) is 51.8 Å². The molecule has 1 amide bonds. The zero-order valence-corrected chi connectivity index (χ0v) is 22.7. The Hall–Kier alpha value is -3.88. The Morgan fingerprint density at radius 1 is 1.18 bits per heavy atom. The lowest BCUT2D eigenvalue weighted by Gasteiger charge is -2.28. The van der Waals surface area contributed by atoms with Crippen LogP contribution in [0.3, 0.4) is 0 Å². The van der Waals surface area contributed by atoms with Crippen LogP contribution in [0.5, 0.6) is 0 Å². The molecule has 2 atom stereocenters. The zero-order chi connectivity index (χ0) is 29.2. The lowest BCUT2D eigenvalue weighted by Crippen LogP contribution is -2.49. The molecule has 2 aromatic carbocycles. The Morgan fingerprint density at radius 2 is 1.88 bits per heavy atom. The number of nitrogens with one attached hydrogen (secondary N) is 2. The highest BCUT2D eigenvalue weighted by molar-refractivity contribution is 6.37. The monoisotopic (exact) mass is 573 g/mol. The number of benzene rings is 2. The van der Waals surface area contributed by atoms with Gasteiger partial charge in [-0.25, -0.2) is 0 Å². The van der Waals surface area contributed by atoms with Gasteiger partial charge in [0.25, 0.3) is 5.56 Å². The molecule has 2 heterocycles. The van der Waals surface area contributed by atoms with Gasteiger partial charge in [0.2, 0.25) is 5.91 Å². The molecule has 0 aliphatic heterocycles. The van der Waals surface area contributed by atoms with Crippen molar-refractivity contribution in [1.29, 1.82) is 5.26 Å². The predicted octanol–water partition coefficient (Wildman–Crippen LogP) is 5.40. The maximum atomic E-state index is 14.2. The lowest BCUT2D eigenvalue weighted by molar-refractivity contribution is -0.161. The van der Waals surface area contributed by atoms with E-state index in [9.17, 15) is 22.8 Å². The normalized spacial score (nSPS) is 13.5. The molecule has 0 radical (unpaired) electrons. The second kappa shape index (κ2) is 11.7. The van der Waals surface area contributed by atoms with E-state index in [1.807, 2.05) is 0 Å². The summed E-state index contributed by atoms with van der Waals surface area (Å²) in [7, 11) is 0. The van der Waals surface area contributed by atoms with Crippen molar-refractivity contribution in [2.75, 3.05) is 6.54 Å². The predicted molar refractivity (Wildman–Crippen MR) is 145 cm³/mol. The molecule has 0 unspecified atom stereocenters. The van der Waals surface area contributed by atoms with Crippen LogP contribution in [0.1, 0.15) is 43.2 Å². The first-order chi connectivity index (χ1) is 18.9. The fraction of sp³-hybridized carbons (Fsp3) is 0.357. The summed E-state index contributed by atoms with van der Waals surface area (Å²) in [5.74, 6) is -0.417. The lowest BCUT2D eigenvalue weighted by atomic mass is 9.99. The first kappa shape index (κ1) is 29.1. The number of aromatic nitrogens is 2. The summed E-state index contributed by atoms with van der Waals surface area (Å²) in [6.45, 7) is 4.96. The SMILES string of the molecule is Cc1onc2c1c(=O)n(Cc1ccc([C@H](N[C@@H](CC(C)C)C(=O)NCC#N)C(F)(F)F)cc1)c1cccc(Cl)c21. The van der Waals surface area contributed by atoms with E-state index in [0.717, 1.165) is 0 Å². The molecule has 8 nitrogen and oxygen atoms in total. The molecule has 40 heavy (non-hydrogen) atoms. The summed E-state index contributed by atoms with van der Waals surface area (Å²) < 4.78 is 49.2. The minimum Gasteiger partial charge on any atom is -0.360 e. The van der Waals surface area contributed by atoms with E-state index < -0.39 is 24.2 Å². The van der Waals surface area contributed by atoms with Crippen LogP contribution in [0.4, 0.5) is 13.2 Å². The molecule has 0 spiro atoms. The summed E-state index contributed by atoms with van der Waals surface area (Å²) >= 11 is 6.44. The van der Waals surface area contributed by atoms with Crippen molar-refractivity contribution in [2.24, 2.45) is 5.92 Å². The highest BCUT2D eigenvalue weighted by Crippen LogP contribution is 2.34. The van der Waals surface area contributed by atoms with Crippen molar-refractivity contribution >= 4 is 39.3 Å². The van der Waals surface area contributed by atoms with Gasteiger partial charge < -0.3 is 14.4 Å². The Kier molecular flexibility index (Phi) is 8.51. The fourth-order valence-corrected chi connectivity index (χ4v) is 4.98. The number of rotatable bonds is 9. The van der Waals surface area contributed by atoms with Gasteiger partial charge in [0.15, 0.2) is 0 Å². The molecule has 2 aromatic heterocycles. The van der Waals surface area contributed by atoms with Crippen molar-refractivity contribution in [3.63, 3.8) is 0 Å². The summed E-state index contributed by atoms with van der Waals surface area (Å²) in [5.41, 5.74) is 0.985. The maximum absolute atomic E-state index is 14.2. The Labute approximate surface area is 232 Å². The number of carbonyl (C=O) groups excluding carboxylic acids is 1. The largest absolute Gasteiger partial charge is 0.407 e. The van der Waals surface area contributed by atoms with E-state index in [0.29, 0.717) is 32.8 Å². The third kappa shape index (κ3) is 5.98. The first-order valence-corrected chi connectivity index (χ1v) is 12.9. The third-order valence-electron chi connectivity index (χ3n) is 6.56. The molecule has 210 valence electrons. The molecule has 0 aliphatic rings. The molecule has 4 aromatic rings. The fourth-order valence-electron chi connectivity index (χ4n) is 4.72. The van der Waals surface area contributed by atoms with Crippen LogP contribution >= 0.6 is 11.6 Å². The van der Waals surface area contributed by atoms with Gasteiger partial charge in [-0.15, -0.1) is 0 Å². The summed E-state index contributed by atoms with van der Waals surface area (Å²) in [6, 6.07) is 9.22. The molecule has 12 heteroatoms. The average Bonchev–Trinajstić information content (AvgIpc) is 3.28. The van der Waals surface area contributed by atoms with Crippen molar-refractivity contribution in [3.8, 4) is 6.07 Å². The van der Waals surface area contributed by atoms with Gasteiger partial charge in [0.1, 0.15) is 29.2 Å². The number of aryl methyl sites for hydroxylation is 1. The molecular formula is C28H27ClF3N5O3. The Balaban J connectivity index is 1.68. The smallest absolute Gasteiger partial charge is 0.360 e. The maximum Gasteiger partial charge on any atom is 0.407 e. The van der Waals surface area contributed by atoms with Gasteiger partial charge in [-0.2, -0.15) is 18.4 Å². The Morgan fingerprint density at radius 3 is 2.50 bits per heavy atom.